The Morgan fingerprint density at radius 2 is 1.78 bits per heavy atom. The summed E-state index contributed by atoms with van der Waals surface area (Å²) in [4.78, 5) is 53.2. The van der Waals surface area contributed by atoms with Crippen LogP contribution in [-0.2, 0) is 39.8 Å². The molecular weight excluding hydrogens is 612 g/mol. The maximum atomic E-state index is 13.4. The standard InChI is InChI=1S/C35H43ClN2O8/c1-21(2)16-29-33(41)44-24(19-28-31(45-28)23-10-7-6-8-11-23)12-9-13-30(39)38-26(18-22-14-15-27(43-5)25(36)17-22)32(40)37-20-35(3,4)34(42)46-29/h6-11,13-15,17,21,24,26,28-29,31H,12,16,18-20H2,1-5H3,(H,37,40)(H,38,39)/t24-,26+,28+,29-,31+/m0/s1. The second-order valence-corrected chi connectivity index (χ2v) is 13.2. The summed E-state index contributed by atoms with van der Waals surface area (Å²) >= 11 is 6.30. The number of hydrogen-bond acceptors (Lipinski definition) is 8. The van der Waals surface area contributed by atoms with Crippen molar-refractivity contribution in [3.8, 4) is 5.75 Å². The predicted octanol–water partition coefficient (Wildman–Crippen LogP) is 4.88. The number of benzene rings is 2. The van der Waals surface area contributed by atoms with E-state index in [1.807, 2.05) is 44.2 Å². The quantitative estimate of drug-likeness (QED) is 0.304. The summed E-state index contributed by atoms with van der Waals surface area (Å²) in [7, 11) is 1.51. The average molecular weight is 655 g/mol. The smallest absolute Gasteiger partial charge is 0.347 e. The summed E-state index contributed by atoms with van der Waals surface area (Å²) in [6, 6.07) is 13.9. The Kier molecular flexibility index (Phi) is 11.9. The number of halogens is 1. The molecule has 0 saturated carbocycles. The molecule has 10 nitrogen and oxygen atoms in total. The van der Waals surface area contributed by atoms with Gasteiger partial charge in [0, 0.05) is 25.8 Å². The maximum absolute atomic E-state index is 13.4. The molecule has 2 aromatic carbocycles. The van der Waals surface area contributed by atoms with Gasteiger partial charge in [-0.05, 0) is 55.5 Å². The van der Waals surface area contributed by atoms with Crippen LogP contribution in [0.1, 0.15) is 64.2 Å². The van der Waals surface area contributed by atoms with Gasteiger partial charge in [-0.15, -0.1) is 0 Å². The zero-order chi connectivity index (χ0) is 33.4. The average Bonchev–Trinajstić information content (AvgIpc) is 3.78. The molecule has 2 aliphatic heterocycles. The molecule has 46 heavy (non-hydrogen) atoms. The van der Waals surface area contributed by atoms with Crippen LogP contribution in [0, 0.1) is 11.3 Å². The van der Waals surface area contributed by atoms with Crippen molar-refractivity contribution in [2.24, 2.45) is 11.3 Å². The van der Waals surface area contributed by atoms with E-state index in [2.05, 4.69) is 10.6 Å². The lowest BCUT2D eigenvalue weighted by Gasteiger charge is -2.28. The molecule has 5 atom stereocenters. The Morgan fingerprint density at radius 1 is 1.04 bits per heavy atom. The molecule has 0 spiro atoms. The van der Waals surface area contributed by atoms with Crippen LogP contribution in [-0.4, -0.2) is 61.8 Å². The first-order chi connectivity index (χ1) is 21.9. The first-order valence-corrected chi connectivity index (χ1v) is 15.9. The lowest BCUT2D eigenvalue weighted by molar-refractivity contribution is -0.177. The zero-order valence-corrected chi connectivity index (χ0v) is 27.7. The van der Waals surface area contributed by atoms with Crippen LogP contribution in [0.4, 0.5) is 0 Å². The Balaban J connectivity index is 1.57. The van der Waals surface area contributed by atoms with Gasteiger partial charge < -0.3 is 29.6 Å². The van der Waals surface area contributed by atoms with E-state index in [1.54, 1.807) is 38.1 Å². The summed E-state index contributed by atoms with van der Waals surface area (Å²) < 4.78 is 22.8. The van der Waals surface area contributed by atoms with Crippen LogP contribution >= 0.6 is 11.6 Å². The first kappa shape index (κ1) is 35.0. The molecule has 0 unspecified atom stereocenters. The van der Waals surface area contributed by atoms with Crippen LogP contribution in [0.25, 0.3) is 0 Å². The molecule has 0 radical (unpaired) electrons. The summed E-state index contributed by atoms with van der Waals surface area (Å²) in [6.07, 6.45) is 1.83. The summed E-state index contributed by atoms with van der Waals surface area (Å²) in [5.74, 6) is -1.79. The van der Waals surface area contributed by atoms with Crippen LogP contribution in [0.5, 0.6) is 5.75 Å². The molecule has 2 heterocycles. The Hall–Kier alpha value is -3.89. The Labute approximate surface area is 275 Å². The van der Waals surface area contributed by atoms with Gasteiger partial charge in [-0.2, -0.15) is 0 Å². The molecule has 4 rings (SSSR count). The maximum Gasteiger partial charge on any atom is 0.347 e. The fourth-order valence-corrected chi connectivity index (χ4v) is 5.47. The van der Waals surface area contributed by atoms with Gasteiger partial charge in [0.15, 0.2) is 6.10 Å². The second kappa shape index (κ2) is 15.6. The number of carbonyl (C=O) groups excluding carboxylic acids is 4. The molecule has 2 amide bonds. The van der Waals surface area contributed by atoms with E-state index in [-0.39, 0.29) is 43.9 Å². The van der Waals surface area contributed by atoms with Crippen LogP contribution in [0.3, 0.4) is 0 Å². The van der Waals surface area contributed by atoms with Crippen molar-refractivity contribution in [2.75, 3.05) is 13.7 Å². The van der Waals surface area contributed by atoms with Gasteiger partial charge in [0.05, 0.1) is 23.7 Å². The number of hydrogen-bond donors (Lipinski definition) is 2. The number of carbonyl (C=O) groups is 4. The van der Waals surface area contributed by atoms with Gasteiger partial charge in [-0.3, -0.25) is 14.4 Å². The third-order valence-electron chi connectivity index (χ3n) is 7.90. The van der Waals surface area contributed by atoms with Gasteiger partial charge in [0.25, 0.3) is 0 Å². The van der Waals surface area contributed by atoms with Gasteiger partial charge in [0.2, 0.25) is 11.8 Å². The van der Waals surface area contributed by atoms with E-state index in [1.165, 1.54) is 13.2 Å². The minimum Gasteiger partial charge on any atom is -0.495 e. The number of amides is 2. The Bertz CT molecular complexity index is 1430. The molecule has 1 saturated heterocycles. The van der Waals surface area contributed by atoms with E-state index < -0.39 is 47.4 Å². The van der Waals surface area contributed by atoms with Crippen molar-refractivity contribution in [3.05, 3.63) is 76.8 Å². The zero-order valence-electron chi connectivity index (χ0n) is 26.9. The highest BCUT2D eigenvalue weighted by Crippen LogP contribution is 2.42. The number of rotatable bonds is 8. The molecule has 0 aliphatic carbocycles. The van der Waals surface area contributed by atoms with E-state index >= 15 is 0 Å². The SMILES string of the molecule is COc1ccc(C[C@H]2NC(=O)C=CC[C@@H](C[C@H]3O[C@@H]3c3ccccc3)OC(=O)[C@H](CC(C)C)OC(=O)C(C)(C)CNC2=O)cc1Cl. The highest BCUT2D eigenvalue weighted by atomic mass is 35.5. The van der Waals surface area contributed by atoms with Crippen molar-refractivity contribution < 1.29 is 38.1 Å². The molecule has 1 fully saturated rings. The van der Waals surface area contributed by atoms with E-state index in [9.17, 15) is 19.2 Å². The molecule has 2 aliphatic rings. The highest BCUT2D eigenvalue weighted by molar-refractivity contribution is 6.32. The van der Waals surface area contributed by atoms with Gasteiger partial charge in [0.1, 0.15) is 24.0 Å². The van der Waals surface area contributed by atoms with Crippen LogP contribution in [0.15, 0.2) is 60.7 Å². The van der Waals surface area contributed by atoms with Crippen LogP contribution in [0.2, 0.25) is 5.02 Å². The molecule has 11 heteroatoms. The minimum atomic E-state index is -1.19. The highest BCUT2D eigenvalue weighted by Gasteiger charge is 2.43. The third-order valence-corrected chi connectivity index (χ3v) is 8.20. The van der Waals surface area contributed by atoms with Gasteiger partial charge in [-0.25, -0.2) is 4.79 Å². The number of methoxy groups -OCH3 is 1. The number of esters is 2. The van der Waals surface area contributed by atoms with Gasteiger partial charge in [-0.1, -0.05) is 67.9 Å². The lowest BCUT2D eigenvalue weighted by atomic mass is 9.93. The summed E-state index contributed by atoms with van der Waals surface area (Å²) in [6.45, 7) is 6.98. The molecular formula is C35H43ClN2O8. The van der Waals surface area contributed by atoms with Crippen LogP contribution < -0.4 is 15.4 Å². The van der Waals surface area contributed by atoms with E-state index in [4.69, 9.17) is 30.5 Å². The third kappa shape index (κ3) is 9.80. The monoisotopic (exact) mass is 654 g/mol. The van der Waals surface area contributed by atoms with E-state index in [0.717, 1.165) is 5.56 Å². The normalized spacial score (nSPS) is 25.7. The number of nitrogens with one attached hydrogen (secondary N) is 2. The summed E-state index contributed by atoms with van der Waals surface area (Å²) in [5, 5.41) is 5.89. The van der Waals surface area contributed by atoms with Crippen molar-refractivity contribution in [1.29, 1.82) is 0 Å². The van der Waals surface area contributed by atoms with Crippen molar-refractivity contribution in [3.63, 3.8) is 0 Å². The fraction of sp³-hybridized carbons (Fsp3) is 0.486. The number of cyclic esters (lactones) is 2. The van der Waals surface area contributed by atoms with Crippen molar-refractivity contribution >= 4 is 35.4 Å². The summed E-state index contributed by atoms with van der Waals surface area (Å²) in [5.41, 5.74) is 0.534. The largest absolute Gasteiger partial charge is 0.495 e. The molecule has 2 N–H and O–H groups in total. The topological polar surface area (TPSA) is 133 Å². The number of epoxide rings is 1. The molecule has 2 aromatic rings. The lowest BCUT2D eigenvalue weighted by Crippen LogP contribution is -2.51. The van der Waals surface area contributed by atoms with Crippen molar-refractivity contribution in [2.45, 2.75) is 83.8 Å². The second-order valence-electron chi connectivity index (χ2n) is 12.8. The Morgan fingerprint density at radius 3 is 2.46 bits per heavy atom. The number of ether oxygens (including phenoxy) is 4. The van der Waals surface area contributed by atoms with E-state index in [0.29, 0.717) is 22.8 Å². The first-order valence-electron chi connectivity index (χ1n) is 15.6. The fourth-order valence-electron chi connectivity index (χ4n) is 5.19. The molecule has 248 valence electrons. The minimum absolute atomic E-state index is 0.0299. The van der Waals surface area contributed by atoms with Gasteiger partial charge >= 0.3 is 11.9 Å². The molecule has 0 aromatic heterocycles. The van der Waals surface area contributed by atoms with Crippen molar-refractivity contribution in [1.82, 2.24) is 10.6 Å². The molecule has 0 bridgehead atoms. The predicted molar refractivity (Wildman–Crippen MR) is 172 cm³/mol.